The molecule has 2 amide bonds. The maximum Gasteiger partial charge on any atom is 0.319 e. The van der Waals surface area contributed by atoms with Crippen LogP contribution in [0.15, 0.2) is 66.9 Å². The van der Waals surface area contributed by atoms with Crippen molar-refractivity contribution in [2.24, 2.45) is 0 Å². The number of benzene rings is 3. The summed E-state index contributed by atoms with van der Waals surface area (Å²) < 4.78 is 42.5. The number of nitrogens with one attached hydrogen (secondary N) is 2. The summed E-state index contributed by atoms with van der Waals surface area (Å²) in [5.41, 5.74) is 2.03. The number of carbonyl (C=O) groups excluding carboxylic acids is 1. The zero-order valence-electron chi connectivity index (χ0n) is 21.1. The molecule has 3 heterocycles. The molecule has 10 heteroatoms. The van der Waals surface area contributed by atoms with Crippen molar-refractivity contribution in [2.75, 3.05) is 31.7 Å². The lowest BCUT2D eigenvalue weighted by atomic mass is 10.1. The average molecular weight is 532 g/mol. The second-order valence-corrected chi connectivity index (χ2v) is 9.21. The van der Waals surface area contributed by atoms with Gasteiger partial charge in [-0.1, -0.05) is 12.1 Å². The summed E-state index contributed by atoms with van der Waals surface area (Å²) >= 11 is 0. The number of ether oxygens (including phenoxy) is 5. The molecule has 200 valence electrons. The molecule has 0 saturated carbocycles. The van der Waals surface area contributed by atoms with Crippen molar-refractivity contribution in [2.45, 2.75) is 19.1 Å². The molecule has 4 aromatic rings. The molecule has 1 saturated heterocycles. The Morgan fingerprint density at radius 2 is 1.74 bits per heavy atom. The fourth-order valence-corrected chi connectivity index (χ4v) is 4.34. The molecule has 6 rings (SSSR count). The van der Waals surface area contributed by atoms with Crippen LogP contribution in [0.5, 0.6) is 28.7 Å². The number of urea groups is 1. The first-order valence-electron chi connectivity index (χ1n) is 12.6. The number of aromatic nitrogens is 1. The van der Waals surface area contributed by atoms with Gasteiger partial charge in [-0.05, 0) is 55.0 Å². The van der Waals surface area contributed by atoms with E-state index in [2.05, 4.69) is 15.6 Å². The number of hydrogen-bond acceptors (Lipinski definition) is 7. The molecule has 0 bridgehead atoms. The van der Waals surface area contributed by atoms with Crippen LogP contribution in [0.2, 0.25) is 0 Å². The Balaban J connectivity index is 1.17. The van der Waals surface area contributed by atoms with Crippen molar-refractivity contribution in [1.82, 2.24) is 10.3 Å². The fourth-order valence-electron chi connectivity index (χ4n) is 4.34. The van der Waals surface area contributed by atoms with Crippen molar-refractivity contribution < 1.29 is 32.9 Å². The molecule has 2 aliphatic heterocycles. The number of pyridine rings is 1. The number of amides is 2. The highest BCUT2D eigenvalue weighted by Gasteiger charge is 2.28. The highest BCUT2D eigenvalue weighted by Crippen LogP contribution is 2.48. The molecule has 0 spiro atoms. The van der Waals surface area contributed by atoms with Crippen LogP contribution < -0.4 is 29.6 Å². The largest absolute Gasteiger partial charge is 0.485 e. The third-order valence-electron chi connectivity index (χ3n) is 6.40. The van der Waals surface area contributed by atoms with Crippen LogP contribution in [0.4, 0.5) is 14.9 Å². The molecule has 0 unspecified atom stereocenters. The molecule has 2 aliphatic rings. The van der Waals surface area contributed by atoms with Gasteiger partial charge in [0.25, 0.3) is 0 Å². The molecule has 1 atom stereocenters. The molecule has 9 nitrogen and oxygen atoms in total. The van der Waals surface area contributed by atoms with Crippen LogP contribution in [0, 0.1) is 5.82 Å². The smallest absolute Gasteiger partial charge is 0.319 e. The summed E-state index contributed by atoms with van der Waals surface area (Å²) in [7, 11) is 0. The normalized spacial score (nSPS) is 15.2. The number of anilines is 1. The Labute approximate surface area is 223 Å². The minimum Gasteiger partial charge on any atom is -0.485 e. The van der Waals surface area contributed by atoms with Crippen molar-refractivity contribution in [3.63, 3.8) is 0 Å². The molecule has 1 fully saturated rings. The maximum atomic E-state index is 13.2. The summed E-state index contributed by atoms with van der Waals surface area (Å²) in [5, 5.41) is 6.32. The van der Waals surface area contributed by atoms with E-state index in [0.29, 0.717) is 71.8 Å². The Morgan fingerprint density at radius 1 is 1.00 bits per heavy atom. The minimum atomic E-state index is -0.379. The van der Waals surface area contributed by atoms with E-state index in [4.69, 9.17) is 23.7 Å². The van der Waals surface area contributed by atoms with E-state index in [0.717, 1.165) is 5.56 Å². The quantitative estimate of drug-likeness (QED) is 0.320. The van der Waals surface area contributed by atoms with Gasteiger partial charge in [-0.25, -0.2) is 9.18 Å². The second kappa shape index (κ2) is 10.7. The van der Waals surface area contributed by atoms with Crippen molar-refractivity contribution in [1.29, 1.82) is 0 Å². The summed E-state index contributed by atoms with van der Waals surface area (Å²) in [4.78, 5) is 17.0. The molecule has 3 aromatic carbocycles. The summed E-state index contributed by atoms with van der Waals surface area (Å²) in [5.74, 6) is 2.41. The summed E-state index contributed by atoms with van der Waals surface area (Å²) in [6.45, 7) is 3.70. The van der Waals surface area contributed by atoms with E-state index in [-0.39, 0.29) is 24.0 Å². The Morgan fingerprint density at radius 3 is 2.46 bits per heavy atom. The number of halogens is 1. The van der Waals surface area contributed by atoms with Gasteiger partial charge >= 0.3 is 6.03 Å². The van der Waals surface area contributed by atoms with E-state index in [1.165, 1.54) is 12.1 Å². The van der Waals surface area contributed by atoms with Crippen LogP contribution >= 0.6 is 0 Å². The van der Waals surface area contributed by atoms with E-state index in [1.54, 1.807) is 48.7 Å². The van der Waals surface area contributed by atoms with Gasteiger partial charge in [0.15, 0.2) is 11.5 Å². The first-order chi connectivity index (χ1) is 19.0. The lowest BCUT2D eigenvalue weighted by molar-refractivity contribution is -0.0807. The van der Waals surface area contributed by atoms with Gasteiger partial charge in [0.05, 0.1) is 30.2 Å². The number of hydrogen-bond donors (Lipinski definition) is 2. The topological polar surface area (TPSA) is 100 Å². The van der Waals surface area contributed by atoms with E-state index in [1.807, 2.05) is 13.0 Å². The first-order valence-corrected chi connectivity index (χ1v) is 12.6. The minimum absolute atomic E-state index is 0.0307. The van der Waals surface area contributed by atoms with Gasteiger partial charge in [0, 0.05) is 18.0 Å². The maximum absolute atomic E-state index is 13.2. The van der Waals surface area contributed by atoms with Gasteiger partial charge in [0.1, 0.15) is 36.6 Å². The van der Waals surface area contributed by atoms with Gasteiger partial charge in [-0.15, -0.1) is 0 Å². The predicted molar refractivity (Wildman–Crippen MR) is 141 cm³/mol. The van der Waals surface area contributed by atoms with E-state index in [9.17, 15) is 9.18 Å². The van der Waals surface area contributed by atoms with Crippen LogP contribution in [0.1, 0.15) is 18.5 Å². The Kier molecular flexibility index (Phi) is 6.76. The lowest BCUT2D eigenvalue weighted by Crippen LogP contribution is -2.38. The standard InChI is InChI=1S/C29H26FN3O6/c1-17(18-2-4-19(30)5-3-18)32-29(34)33-20-6-8-21(9-7-20)38-24-10-11-31-23-14-25(39-22-15-35-16-22)27-28(26(23)24)37-13-12-36-27/h2-11,14,17,22H,12-13,15-16H2,1H3,(H2,32,33,34)/t17-/m1/s1. The number of fused-ring (bicyclic) bond motifs is 3. The SMILES string of the molecule is C[C@@H](NC(=O)Nc1ccc(Oc2ccnc3cc(OC4COC4)c4c(c23)OCCO4)cc1)c1ccc(F)cc1. The van der Waals surface area contributed by atoms with Crippen LogP contribution in [0.25, 0.3) is 10.9 Å². The zero-order chi connectivity index (χ0) is 26.8. The predicted octanol–water partition coefficient (Wildman–Crippen LogP) is 5.60. The number of nitrogens with zero attached hydrogens (tertiary/aromatic N) is 1. The summed E-state index contributed by atoms with van der Waals surface area (Å²) in [6.07, 6.45) is 1.63. The molecule has 2 N–H and O–H groups in total. The van der Waals surface area contributed by atoms with Crippen molar-refractivity contribution in [3.05, 3.63) is 78.2 Å². The lowest BCUT2D eigenvalue weighted by Gasteiger charge is -2.29. The third-order valence-corrected chi connectivity index (χ3v) is 6.40. The van der Waals surface area contributed by atoms with Crippen LogP contribution in [-0.2, 0) is 4.74 Å². The van der Waals surface area contributed by atoms with Crippen LogP contribution in [-0.4, -0.2) is 43.5 Å². The van der Waals surface area contributed by atoms with Gasteiger partial charge in [-0.2, -0.15) is 0 Å². The Hall–Kier alpha value is -4.57. The molecular formula is C29H26FN3O6. The molecular weight excluding hydrogens is 505 g/mol. The van der Waals surface area contributed by atoms with Gasteiger partial charge in [0.2, 0.25) is 5.75 Å². The fraction of sp³-hybridized carbons (Fsp3) is 0.241. The monoisotopic (exact) mass is 531 g/mol. The van der Waals surface area contributed by atoms with Gasteiger partial charge < -0.3 is 34.3 Å². The molecule has 0 aliphatic carbocycles. The first kappa shape index (κ1) is 24.7. The van der Waals surface area contributed by atoms with E-state index < -0.39 is 0 Å². The second-order valence-electron chi connectivity index (χ2n) is 9.21. The number of rotatable bonds is 7. The Bertz CT molecular complexity index is 1490. The van der Waals surface area contributed by atoms with E-state index >= 15 is 0 Å². The molecule has 1 aromatic heterocycles. The highest BCUT2D eigenvalue weighted by molar-refractivity contribution is 5.95. The molecule has 0 radical (unpaired) electrons. The zero-order valence-corrected chi connectivity index (χ0v) is 21.1. The van der Waals surface area contributed by atoms with Crippen LogP contribution in [0.3, 0.4) is 0 Å². The molecule has 39 heavy (non-hydrogen) atoms. The van der Waals surface area contributed by atoms with Gasteiger partial charge in [-0.3, -0.25) is 4.98 Å². The van der Waals surface area contributed by atoms with Crippen molar-refractivity contribution in [3.8, 4) is 28.7 Å². The summed E-state index contributed by atoms with van der Waals surface area (Å²) in [6, 6.07) is 15.9. The third kappa shape index (κ3) is 5.37. The highest BCUT2D eigenvalue weighted by atomic mass is 19.1. The average Bonchev–Trinajstić information content (AvgIpc) is 2.92. The number of carbonyl (C=O) groups is 1. The van der Waals surface area contributed by atoms with Crippen molar-refractivity contribution >= 4 is 22.6 Å².